The molecule has 1 aromatic carbocycles. The van der Waals surface area contributed by atoms with E-state index in [0.29, 0.717) is 24.4 Å². The molecule has 42 heavy (non-hydrogen) atoms. The first-order chi connectivity index (χ1) is 18.9. The Morgan fingerprint density at radius 3 is 1.93 bits per heavy atom. The molecule has 1 aromatic heterocycles. The first-order valence-corrected chi connectivity index (χ1v) is 15.1. The number of likely N-dealkylation sites (tertiary alicyclic amines) is 1. The van der Waals surface area contributed by atoms with Crippen molar-refractivity contribution in [3.63, 3.8) is 0 Å². The monoisotopic (exact) mass is 654 g/mol. The normalized spacial score (nSPS) is 16.5. The van der Waals surface area contributed by atoms with Crippen molar-refractivity contribution >= 4 is 25.6 Å². The number of piperidine rings is 1. The van der Waals surface area contributed by atoms with Crippen LogP contribution in [-0.4, -0.2) is 62.4 Å². The highest BCUT2D eigenvalue weighted by Gasteiger charge is 2.46. The molecule has 0 atom stereocenters. The molecule has 0 saturated carbocycles. The van der Waals surface area contributed by atoms with E-state index in [-0.39, 0.29) is 32.0 Å². The molecule has 18 heteroatoms. The number of halogens is 9. The summed E-state index contributed by atoms with van der Waals surface area (Å²) in [5.74, 6) is -4.38. The largest absolute Gasteiger partial charge is 0.417 e. The molecule has 0 bridgehead atoms. The van der Waals surface area contributed by atoms with E-state index in [1.165, 1.54) is 13.8 Å². The Kier molecular flexibility index (Phi) is 8.79. The summed E-state index contributed by atoms with van der Waals surface area (Å²) in [5, 5.41) is 0. The number of nitrogens with zero attached hydrogens (tertiary/aromatic N) is 2. The van der Waals surface area contributed by atoms with Crippen molar-refractivity contribution in [3.05, 3.63) is 53.3 Å². The van der Waals surface area contributed by atoms with E-state index in [2.05, 4.69) is 4.98 Å². The van der Waals surface area contributed by atoms with Gasteiger partial charge < -0.3 is 4.90 Å². The van der Waals surface area contributed by atoms with Crippen LogP contribution in [0.4, 0.5) is 39.5 Å². The number of amides is 1. The zero-order chi connectivity index (χ0) is 32.1. The number of carbonyl (C=O) groups excluding carboxylic acids is 1. The maximum absolute atomic E-state index is 13.8. The third-order valence-corrected chi connectivity index (χ3v) is 11.3. The van der Waals surface area contributed by atoms with Gasteiger partial charge in [0.2, 0.25) is 0 Å². The van der Waals surface area contributed by atoms with E-state index < -0.39 is 87.0 Å². The molecule has 1 aliphatic heterocycles. The lowest BCUT2D eigenvalue weighted by atomic mass is 9.85. The van der Waals surface area contributed by atoms with Crippen molar-refractivity contribution < 1.29 is 61.1 Å². The second kappa shape index (κ2) is 11.0. The molecule has 234 valence electrons. The van der Waals surface area contributed by atoms with E-state index in [1.54, 1.807) is 0 Å². The summed E-state index contributed by atoms with van der Waals surface area (Å²) in [5.41, 5.74) is -4.07. The second-order valence-electron chi connectivity index (χ2n) is 10.2. The fourth-order valence-electron chi connectivity index (χ4n) is 4.63. The third-order valence-electron chi connectivity index (χ3n) is 7.05. The number of pyridine rings is 1. The molecule has 1 aliphatic rings. The number of aromatic nitrogens is 1. The molecule has 0 radical (unpaired) electrons. The standard InChI is InChI=1S/C24H23F9N2O5S2/c1-21(2,42(39,40)17-9-15(11-34-12-17)23(28,29)30)14-5-7-35(8-6-14)20(36)18-4-3-16(10-19(18)24(31,32)33)41(37,38)13-22(25,26)27/h3-4,9-12,14H,5-8,13H2,1-2H3. The molecule has 0 spiro atoms. The van der Waals surface area contributed by atoms with Gasteiger partial charge in [-0.15, -0.1) is 0 Å². The lowest BCUT2D eigenvalue weighted by Gasteiger charge is -2.40. The van der Waals surface area contributed by atoms with Crippen molar-refractivity contribution in [1.82, 2.24) is 9.88 Å². The molecule has 0 N–H and O–H groups in total. The van der Waals surface area contributed by atoms with Crippen LogP contribution in [0.25, 0.3) is 0 Å². The van der Waals surface area contributed by atoms with Crippen molar-refractivity contribution in [1.29, 1.82) is 0 Å². The van der Waals surface area contributed by atoms with Crippen LogP contribution in [0.5, 0.6) is 0 Å². The molecule has 2 heterocycles. The van der Waals surface area contributed by atoms with E-state index in [1.807, 2.05) is 0 Å². The number of hydrogen-bond acceptors (Lipinski definition) is 6. The van der Waals surface area contributed by atoms with Gasteiger partial charge in [-0.05, 0) is 56.9 Å². The highest BCUT2D eigenvalue weighted by Crippen LogP contribution is 2.40. The Morgan fingerprint density at radius 2 is 1.43 bits per heavy atom. The van der Waals surface area contributed by atoms with Gasteiger partial charge in [0.05, 0.1) is 31.2 Å². The van der Waals surface area contributed by atoms with Crippen molar-refractivity contribution in [2.24, 2.45) is 5.92 Å². The highest BCUT2D eigenvalue weighted by atomic mass is 32.2. The third kappa shape index (κ3) is 7.01. The van der Waals surface area contributed by atoms with Gasteiger partial charge in [0.25, 0.3) is 5.91 Å². The van der Waals surface area contributed by atoms with Crippen LogP contribution in [0.2, 0.25) is 0 Å². The van der Waals surface area contributed by atoms with Gasteiger partial charge in [-0.1, -0.05) is 0 Å². The Balaban J connectivity index is 1.85. The predicted octanol–water partition coefficient (Wildman–Crippen LogP) is 5.56. The smallest absolute Gasteiger partial charge is 0.339 e. The molecular formula is C24H23F9N2O5S2. The summed E-state index contributed by atoms with van der Waals surface area (Å²) in [4.78, 5) is 15.4. The van der Waals surface area contributed by atoms with Gasteiger partial charge in [0.15, 0.2) is 25.4 Å². The fraction of sp³-hybridized carbons (Fsp3) is 0.500. The Hall–Kier alpha value is -2.89. The van der Waals surface area contributed by atoms with E-state index in [9.17, 15) is 61.1 Å². The quantitative estimate of drug-likeness (QED) is 0.379. The number of alkyl halides is 9. The summed E-state index contributed by atoms with van der Waals surface area (Å²) in [7, 11) is -9.63. The van der Waals surface area contributed by atoms with Crippen LogP contribution in [0.15, 0.2) is 46.5 Å². The zero-order valence-electron chi connectivity index (χ0n) is 21.7. The number of hydrogen-bond donors (Lipinski definition) is 0. The van der Waals surface area contributed by atoms with E-state index in [0.717, 1.165) is 11.1 Å². The zero-order valence-corrected chi connectivity index (χ0v) is 23.4. The van der Waals surface area contributed by atoms with Gasteiger partial charge in [0.1, 0.15) is 0 Å². The first-order valence-electron chi connectivity index (χ1n) is 11.9. The SMILES string of the molecule is CC(C)(C1CCN(C(=O)c2ccc(S(=O)(=O)CC(F)(F)F)cc2C(F)(F)F)CC1)S(=O)(=O)c1cncc(C(F)(F)F)c1. The minimum atomic E-state index is -5.32. The highest BCUT2D eigenvalue weighted by molar-refractivity contribution is 7.92. The second-order valence-corrected chi connectivity index (χ2v) is 14.7. The molecule has 1 saturated heterocycles. The van der Waals surface area contributed by atoms with Crippen LogP contribution < -0.4 is 0 Å². The van der Waals surface area contributed by atoms with Gasteiger partial charge in [-0.2, -0.15) is 39.5 Å². The summed E-state index contributed by atoms with van der Waals surface area (Å²) in [6.07, 6.45) is -14.3. The molecule has 2 aromatic rings. The average Bonchev–Trinajstić information content (AvgIpc) is 2.85. The number of sulfone groups is 2. The number of carbonyl (C=O) groups is 1. The molecule has 0 aliphatic carbocycles. The topological polar surface area (TPSA) is 101 Å². The Bertz CT molecular complexity index is 1560. The summed E-state index contributed by atoms with van der Waals surface area (Å²) >= 11 is 0. The molecule has 1 fully saturated rings. The maximum Gasteiger partial charge on any atom is 0.417 e. The molecule has 0 unspecified atom stereocenters. The van der Waals surface area contributed by atoms with Gasteiger partial charge >= 0.3 is 18.5 Å². The number of rotatable bonds is 6. The molecule has 3 rings (SSSR count). The van der Waals surface area contributed by atoms with Crippen molar-refractivity contribution in [2.45, 2.75) is 59.8 Å². The van der Waals surface area contributed by atoms with Crippen LogP contribution in [-0.2, 0) is 32.0 Å². The summed E-state index contributed by atoms with van der Waals surface area (Å²) < 4.78 is 167. The minimum absolute atomic E-state index is 0.0418. The Morgan fingerprint density at radius 1 is 0.857 bits per heavy atom. The van der Waals surface area contributed by atoms with Crippen LogP contribution in [0.3, 0.4) is 0 Å². The van der Waals surface area contributed by atoms with Crippen LogP contribution in [0.1, 0.15) is 48.2 Å². The Labute approximate surface area is 234 Å². The number of benzene rings is 1. The van der Waals surface area contributed by atoms with Crippen molar-refractivity contribution in [2.75, 3.05) is 18.8 Å². The van der Waals surface area contributed by atoms with Crippen molar-refractivity contribution in [3.8, 4) is 0 Å². The molecule has 1 amide bonds. The average molecular weight is 655 g/mol. The van der Waals surface area contributed by atoms with E-state index in [4.69, 9.17) is 0 Å². The van der Waals surface area contributed by atoms with Crippen LogP contribution in [0, 0.1) is 5.92 Å². The van der Waals surface area contributed by atoms with Gasteiger partial charge in [-0.3, -0.25) is 9.78 Å². The lowest BCUT2D eigenvalue weighted by Crippen LogP contribution is -2.48. The van der Waals surface area contributed by atoms with E-state index >= 15 is 0 Å². The fourth-order valence-corrected chi connectivity index (χ4v) is 7.56. The maximum atomic E-state index is 13.8. The molecular weight excluding hydrogens is 631 g/mol. The lowest BCUT2D eigenvalue weighted by molar-refractivity contribution is -0.138. The summed E-state index contributed by atoms with van der Waals surface area (Å²) in [6.45, 7) is 2.00. The van der Waals surface area contributed by atoms with Crippen LogP contribution >= 0.6 is 0 Å². The van der Waals surface area contributed by atoms with Gasteiger partial charge in [-0.25, -0.2) is 16.8 Å². The minimum Gasteiger partial charge on any atom is -0.339 e. The van der Waals surface area contributed by atoms with Gasteiger partial charge in [0, 0.05) is 25.5 Å². The molecule has 7 nitrogen and oxygen atoms in total. The first kappa shape index (κ1) is 33.6. The summed E-state index contributed by atoms with van der Waals surface area (Å²) in [6, 6.07) is 1.34. The predicted molar refractivity (Wildman–Crippen MR) is 129 cm³/mol.